The molecule has 0 amide bonds. The van der Waals surface area contributed by atoms with Crippen LogP contribution in [0.2, 0.25) is 0 Å². The second kappa shape index (κ2) is 7.61. The molecule has 0 saturated heterocycles. The maximum Gasteiger partial charge on any atom is 0.142 e. The second-order valence-corrected chi connectivity index (χ2v) is 8.51. The van der Waals surface area contributed by atoms with Crippen molar-refractivity contribution < 1.29 is 9.90 Å². The minimum atomic E-state index is -0.152. The standard InChI is InChI=1S/C23H34O2/c1-4-6-12-23-13-10-19-18(7-5-2)17(11-14-24)8-9-20(19)22(23)16(3)21(25)15-23/h5,7,11,14,16,18,21-22,25H,4,6,8-10,12-13,15H2,1-3H3/b7-5-,17-11-/t16-,18?,21-,22?,23?/m0/s1. The largest absolute Gasteiger partial charge is 0.393 e. The summed E-state index contributed by atoms with van der Waals surface area (Å²) in [5.41, 5.74) is 4.80. The van der Waals surface area contributed by atoms with Gasteiger partial charge in [0.15, 0.2) is 0 Å². The minimum Gasteiger partial charge on any atom is -0.393 e. The highest BCUT2D eigenvalue weighted by Crippen LogP contribution is 2.62. The van der Waals surface area contributed by atoms with Gasteiger partial charge in [0.2, 0.25) is 0 Å². The topological polar surface area (TPSA) is 37.3 Å². The number of rotatable bonds is 5. The molecular weight excluding hydrogens is 308 g/mol. The van der Waals surface area contributed by atoms with Crippen molar-refractivity contribution >= 4 is 6.29 Å². The Bertz CT molecular complexity index is 597. The van der Waals surface area contributed by atoms with E-state index in [1.54, 1.807) is 17.2 Å². The number of hydrogen-bond donors (Lipinski definition) is 1. The Morgan fingerprint density at radius 1 is 1.24 bits per heavy atom. The summed E-state index contributed by atoms with van der Waals surface area (Å²) in [6.07, 6.45) is 16.2. The zero-order chi connectivity index (χ0) is 18.0. The molecule has 3 aliphatic carbocycles. The lowest BCUT2D eigenvalue weighted by Crippen LogP contribution is -2.36. The van der Waals surface area contributed by atoms with Crippen LogP contribution in [0.25, 0.3) is 0 Å². The highest BCUT2D eigenvalue weighted by atomic mass is 16.3. The zero-order valence-corrected chi connectivity index (χ0v) is 16.1. The fraction of sp³-hybridized carbons (Fsp3) is 0.696. The van der Waals surface area contributed by atoms with Gasteiger partial charge in [-0.1, -0.05) is 55.6 Å². The summed E-state index contributed by atoms with van der Waals surface area (Å²) in [7, 11) is 0. The van der Waals surface area contributed by atoms with E-state index in [2.05, 4.69) is 32.9 Å². The quantitative estimate of drug-likeness (QED) is 0.414. The number of fused-ring (bicyclic) bond motifs is 2. The van der Waals surface area contributed by atoms with Crippen molar-refractivity contribution in [2.45, 2.75) is 78.2 Å². The molecule has 3 rings (SSSR count). The van der Waals surface area contributed by atoms with Crippen molar-refractivity contribution in [2.75, 3.05) is 0 Å². The third-order valence-corrected chi connectivity index (χ3v) is 7.24. The number of allylic oxidation sites excluding steroid dienone is 6. The average molecular weight is 343 g/mol. The molecule has 25 heavy (non-hydrogen) atoms. The summed E-state index contributed by atoms with van der Waals surface area (Å²) in [4.78, 5) is 11.1. The van der Waals surface area contributed by atoms with Crippen molar-refractivity contribution in [3.8, 4) is 0 Å². The Kier molecular flexibility index (Phi) is 5.68. The molecule has 0 aromatic carbocycles. The van der Waals surface area contributed by atoms with E-state index in [0.29, 0.717) is 23.2 Å². The predicted molar refractivity (Wildman–Crippen MR) is 103 cm³/mol. The molecule has 5 atom stereocenters. The van der Waals surface area contributed by atoms with Gasteiger partial charge in [-0.25, -0.2) is 0 Å². The van der Waals surface area contributed by atoms with Gasteiger partial charge in [-0.15, -0.1) is 0 Å². The Morgan fingerprint density at radius 2 is 2.04 bits per heavy atom. The van der Waals surface area contributed by atoms with Crippen molar-refractivity contribution in [2.24, 2.45) is 23.2 Å². The van der Waals surface area contributed by atoms with Crippen LogP contribution in [0.15, 0.2) is 34.9 Å². The molecule has 0 aliphatic heterocycles. The summed E-state index contributed by atoms with van der Waals surface area (Å²) in [5.74, 6) is 1.22. The van der Waals surface area contributed by atoms with E-state index in [1.165, 1.54) is 31.3 Å². The van der Waals surface area contributed by atoms with E-state index >= 15 is 0 Å². The van der Waals surface area contributed by atoms with E-state index in [1.807, 2.05) is 0 Å². The van der Waals surface area contributed by atoms with Gasteiger partial charge in [-0.2, -0.15) is 0 Å². The molecule has 0 heterocycles. The van der Waals surface area contributed by atoms with Gasteiger partial charge < -0.3 is 5.11 Å². The molecular formula is C23H34O2. The zero-order valence-electron chi connectivity index (χ0n) is 16.1. The molecule has 2 heteroatoms. The van der Waals surface area contributed by atoms with Crippen LogP contribution >= 0.6 is 0 Å². The molecule has 0 bridgehead atoms. The van der Waals surface area contributed by atoms with Gasteiger partial charge in [0, 0.05) is 5.92 Å². The lowest BCUT2D eigenvalue weighted by atomic mass is 9.57. The number of aldehydes is 1. The molecule has 0 spiro atoms. The van der Waals surface area contributed by atoms with Crippen LogP contribution in [0.3, 0.4) is 0 Å². The summed E-state index contributed by atoms with van der Waals surface area (Å²) in [6.45, 7) is 6.61. The summed E-state index contributed by atoms with van der Waals surface area (Å²) in [5, 5.41) is 10.7. The number of carbonyl (C=O) groups excluding carboxylic acids is 1. The van der Waals surface area contributed by atoms with Crippen LogP contribution in [0, 0.1) is 23.2 Å². The molecule has 3 aliphatic rings. The Hall–Kier alpha value is -1.15. The SMILES string of the molecule is C/C=C\C1C2=C(CC/C1=C/C=O)C1[C@@H](C)[C@@H](O)CC1(CCCC)CC2. The van der Waals surface area contributed by atoms with Gasteiger partial charge in [0.05, 0.1) is 6.10 Å². The Morgan fingerprint density at radius 3 is 2.72 bits per heavy atom. The maximum absolute atomic E-state index is 11.1. The summed E-state index contributed by atoms with van der Waals surface area (Å²) < 4.78 is 0. The van der Waals surface area contributed by atoms with Gasteiger partial charge in [0.1, 0.15) is 6.29 Å². The van der Waals surface area contributed by atoms with Gasteiger partial charge in [0.25, 0.3) is 0 Å². The van der Waals surface area contributed by atoms with Gasteiger partial charge >= 0.3 is 0 Å². The fourth-order valence-electron chi connectivity index (χ4n) is 6.15. The number of unbranched alkanes of at least 4 members (excludes halogenated alkanes) is 1. The van der Waals surface area contributed by atoms with E-state index in [9.17, 15) is 9.90 Å². The van der Waals surface area contributed by atoms with Crippen LogP contribution in [0.4, 0.5) is 0 Å². The Balaban J connectivity index is 2.03. The first kappa shape index (κ1) is 18.6. The molecule has 0 radical (unpaired) electrons. The summed E-state index contributed by atoms with van der Waals surface area (Å²) in [6, 6.07) is 0. The number of aliphatic hydroxyl groups excluding tert-OH is 1. The van der Waals surface area contributed by atoms with Crippen molar-refractivity contribution in [3.05, 3.63) is 34.9 Å². The van der Waals surface area contributed by atoms with E-state index in [-0.39, 0.29) is 6.10 Å². The highest BCUT2D eigenvalue weighted by molar-refractivity contribution is 5.67. The van der Waals surface area contributed by atoms with Crippen LogP contribution < -0.4 is 0 Å². The average Bonchev–Trinajstić information content (AvgIpc) is 2.86. The first-order chi connectivity index (χ1) is 12.1. The molecule has 2 nitrogen and oxygen atoms in total. The van der Waals surface area contributed by atoms with Crippen LogP contribution in [0.1, 0.15) is 72.1 Å². The second-order valence-electron chi connectivity index (χ2n) is 8.51. The van der Waals surface area contributed by atoms with Crippen molar-refractivity contribution in [1.29, 1.82) is 0 Å². The fourth-order valence-corrected chi connectivity index (χ4v) is 6.15. The molecule has 1 N–H and O–H groups in total. The maximum atomic E-state index is 11.1. The lowest BCUT2D eigenvalue weighted by Gasteiger charge is -2.47. The number of hydrogen-bond acceptors (Lipinski definition) is 2. The van der Waals surface area contributed by atoms with Crippen molar-refractivity contribution in [1.82, 2.24) is 0 Å². The lowest BCUT2D eigenvalue weighted by molar-refractivity contribution is -0.104. The third kappa shape index (κ3) is 3.18. The molecule has 1 fully saturated rings. The van der Waals surface area contributed by atoms with Gasteiger partial charge in [-0.05, 0) is 68.8 Å². The molecule has 1 saturated carbocycles. The molecule has 0 aromatic rings. The number of carbonyl (C=O) groups is 1. The highest BCUT2D eigenvalue weighted by Gasteiger charge is 2.54. The van der Waals surface area contributed by atoms with E-state index < -0.39 is 0 Å². The molecule has 138 valence electrons. The predicted octanol–water partition coefficient (Wildman–Crippen LogP) is 5.38. The van der Waals surface area contributed by atoms with Crippen LogP contribution in [0.5, 0.6) is 0 Å². The summed E-state index contributed by atoms with van der Waals surface area (Å²) >= 11 is 0. The number of aliphatic hydroxyl groups is 1. The first-order valence-corrected chi connectivity index (χ1v) is 10.2. The smallest absolute Gasteiger partial charge is 0.142 e. The van der Waals surface area contributed by atoms with Crippen LogP contribution in [-0.2, 0) is 4.79 Å². The first-order valence-electron chi connectivity index (χ1n) is 10.2. The monoisotopic (exact) mass is 342 g/mol. The Labute approximate surface area is 153 Å². The van der Waals surface area contributed by atoms with Gasteiger partial charge in [-0.3, -0.25) is 4.79 Å². The van der Waals surface area contributed by atoms with Crippen molar-refractivity contribution in [3.63, 3.8) is 0 Å². The van der Waals surface area contributed by atoms with E-state index in [0.717, 1.165) is 32.0 Å². The molecule has 3 unspecified atom stereocenters. The van der Waals surface area contributed by atoms with E-state index in [4.69, 9.17) is 0 Å². The molecule has 0 aromatic heterocycles. The normalized spacial score (nSPS) is 39.8. The minimum absolute atomic E-state index is 0.152. The third-order valence-electron chi connectivity index (χ3n) is 7.24. The van der Waals surface area contributed by atoms with Crippen LogP contribution in [-0.4, -0.2) is 17.5 Å².